The van der Waals surface area contributed by atoms with Crippen LogP contribution in [-0.2, 0) is 11.3 Å². The van der Waals surface area contributed by atoms with Crippen molar-refractivity contribution in [3.8, 4) is 0 Å². The van der Waals surface area contributed by atoms with Crippen LogP contribution in [0.5, 0.6) is 0 Å². The van der Waals surface area contributed by atoms with Gasteiger partial charge in [0.05, 0.1) is 23.2 Å². The molecule has 8 nitrogen and oxygen atoms in total. The van der Waals surface area contributed by atoms with Gasteiger partial charge in [0.1, 0.15) is 5.69 Å². The molecule has 2 heterocycles. The molecule has 2 aromatic carbocycles. The average Bonchev–Trinajstić information content (AvgIpc) is 3.04. The molecule has 0 saturated carbocycles. The summed E-state index contributed by atoms with van der Waals surface area (Å²) in [6.45, 7) is 4.26. The van der Waals surface area contributed by atoms with Gasteiger partial charge in [-0.3, -0.25) is 9.36 Å². The number of carbonyl (C=O) groups is 1. The Labute approximate surface area is 175 Å². The van der Waals surface area contributed by atoms with Crippen LogP contribution in [0.1, 0.15) is 24.3 Å². The van der Waals surface area contributed by atoms with Gasteiger partial charge in [-0.15, -0.1) is 0 Å². The number of fused-ring (bicyclic) bond motifs is 2. The minimum atomic E-state index is -0.652. The standard InChI is InChI=1S/C21H19ClN4O4/c1-3-26-16-8-6-12(10-15(16)25-21(26)29)23-17-18(20(28)30-4-2)24-14-7-5-11(22)9-13(14)19(17)27/h5-10,23H,3-4H2,1-2H3,(H,24,27)(H,25,29). The van der Waals surface area contributed by atoms with Crippen molar-refractivity contribution in [1.82, 2.24) is 14.5 Å². The highest BCUT2D eigenvalue weighted by Gasteiger charge is 2.20. The number of esters is 1. The van der Waals surface area contributed by atoms with Crippen LogP contribution in [0.3, 0.4) is 0 Å². The van der Waals surface area contributed by atoms with E-state index in [2.05, 4.69) is 15.3 Å². The molecule has 0 aliphatic heterocycles. The first-order valence-corrected chi connectivity index (χ1v) is 9.83. The van der Waals surface area contributed by atoms with Gasteiger partial charge in [-0.2, -0.15) is 0 Å². The number of benzene rings is 2. The van der Waals surface area contributed by atoms with Gasteiger partial charge in [-0.1, -0.05) is 11.6 Å². The highest BCUT2D eigenvalue weighted by Crippen LogP contribution is 2.24. The van der Waals surface area contributed by atoms with Crippen LogP contribution in [0, 0.1) is 0 Å². The zero-order valence-corrected chi connectivity index (χ0v) is 17.1. The Morgan fingerprint density at radius 2 is 1.90 bits per heavy atom. The van der Waals surface area contributed by atoms with Crippen LogP contribution in [0.2, 0.25) is 5.02 Å². The fourth-order valence-electron chi connectivity index (χ4n) is 3.43. The normalized spacial score (nSPS) is 11.2. The summed E-state index contributed by atoms with van der Waals surface area (Å²) in [6, 6.07) is 10.0. The molecule has 0 aliphatic carbocycles. The van der Waals surface area contributed by atoms with Crippen LogP contribution in [0.15, 0.2) is 46.0 Å². The first-order chi connectivity index (χ1) is 14.4. The summed E-state index contributed by atoms with van der Waals surface area (Å²) in [5.41, 5.74) is 1.81. The molecule has 2 aromatic heterocycles. The highest BCUT2D eigenvalue weighted by molar-refractivity contribution is 6.31. The smallest absolute Gasteiger partial charge is 0.357 e. The van der Waals surface area contributed by atoms with E-state index in [4.69, 9.17) is 16.3 Å². The largest absolute Gasteiger partial charge is 0.461 e. The van der Waals surface area contributed by atoms with Crippen LogP contribution >= 0.6 is 11.6 Å². The zero-order valence-electron chi connectivity index (χ0n) is 16.3. The topological polar surface area (TPSA) is 109 Å². The number of pyridine rings is 1. The van der Waals surface area contributed by atoms with E-state index in [1.807, 2.05) is 6.92 Å². The Balaban J connectivity index is 1.88. The van der Waals surface area contributed by atoms with Crippen molar-refractivity contribution < 1.29 is 9.53 Å². The monoisotopic (exact) mass is 426 g/mol. The molecule has 154 valence electrons. The number of aromatic nitrogens is 3. The van der Waals surface area contributed by atoms with Gasteiger partial charge in [0, 0.05) is 22.6 Å². The van der Waals surface area contributed by atoms with E-state index in [1.54, 1.807) is 41.8 Å². The third-order valence-electron chi connectivity index (χ3n) is 4.80. The summed E-state index contributed by atoms with van der Waals surface area (Å²) in [4.78, 5) is 43.5. The number of rotatable bonds is 5. The molecule has 4 rings (SSSR count). The van der Waals surface area contributed by atoms with E-state index in [1.165, 1.54) is 6.07 Å². The van der Waals surface area contributed by atoms with E-state index >= 15 is 0 Å². The number of nitrogens with one attached hydrogen (secondary N) is 3. The van der Waals surface area contributed by atoms with Gasteiger partial charge >= 0.3 is 11.7 Å². The molecule has 0 aliphatic rings. The molecule has 4 aromatic rings. The van der Waals surface area contributed by atoms with E-state index < -0.39 is 11.4 Å². The molecule has 0 bridgehead atoms. The Kier molecular flexibility index (Phi) is 5.09. The molecule has 0 radical (unpaired) electrons. The number of hydrogen-bond acceptors (Lipinski definition) is 5. The number of imidazole rings is 1. The van der Waals surface area contributed by atoms with Crippen LogP contribution in [0.4, 0.5) is 11.4 Å². The van der Waals surface area contributed by atoms with Crippen molar-refractivity contribution in [2.24, 2.45) is 0 Å². The van der Waals surface area contributed by atoms with Crippen molar-refractivity contribution in [3.63, 3.8) is 0 Å². The molecule has 0 fully saturated rings. The molecule has 0 saturated heterocycles. The summed E-state index contributed by atoms with van der Waals surface area (Å²) in [5, 5.41) is 3.75. The molecule has 30 heavy (non-hydrogen) atoms. The quantitative estimate of drug-likeness (QED) is 0.421. The molecule has 9 heteroatoms. The summed E-state index contributed by atoms with van der Waals surface area (Å²) >= 11 is 6.05. The predicted octanol–water partition coefficient (Wildman–Crippen LogP) is 3.76. The Morgan fingerprint density at radius 1 is 1.10 bits per heavy atom. The maximum absolute atomic E-state index is 13.2. The molecule has 0 atom stereocenters. The lowest BCUT2D eigenvalue weighted by Gasteiger charge is -2.13. The number of halogens is 1. The van der Waals surface area contributed by atoms with E-state index in [9.17, 15) is 14.4 Å². The highest BCUT2D eigenvalue weighted by atomic mass is 35.5. The van der Waals surface area contributed by atoms with Crippen molar-refractivity contribution in [3.05, 3.63) is 67.8 Å². The summed E-state index contributed by atoms with van der Waals surface area (Å²) in [5.74, 6) is -0.652. The van der Waals surface area contributed by atoms with Crippen molar-refractivity contribution >= 4 is 50.9 Å². The fraction of sp³-hybridized carbons (Fsp3) is 0.190. The van der Waals surface area contributed by atoms with Crippen molar-refractivity contribution in [1.29, 1.82) is 0 Å². The summed E-state index contributed by atoms with van der Waals surface area (Å²) in [7, 11) is 0. The molecule has 0 spiro atoms. The number of ether oxygens (including phenoxy) is 1. The van der Waals surface area contributed by atoms with Gasteiger partial charge in [0.25, 0.3) is 0 Å². The molecule has 0 unspecified atom stereocenters. The molecule has 3 N–H and O–H groups in total. The number of anilines is 2. The lowest BCUT2D eigenvalue weighted by Crippen LogP contribution is -2.18. The second kappa shape index (κ2) is 7.72. The maximum Gasteiger partial charge on any atom is 0.357 e. The summed E-state index contributed by atoms with van der Waals surface area (Å²) in [6.07, 6.45) is 0. The SMILES string of the molecule is CCOC(=O)c1[nH]c2ccc(Cl)cc2c(=O)c1Nc1ccc2c(c1)[nH]c(=O)n2CC. The van der Waals surface area contributed by atoms with Gasteiger partial charge in [-0.05, 0) is 50.2 Å². The van der Waals surface area contributed by atoms with Crippen LogP contribution in [0.25, 0.3) is 21.9 Å². The van der Waals surface area contributed by atoms with Gasteiger partial charge in [-0.25, -0.2) is 9.59 Å². The average molecular weight is 427 g/mol. The van der Waals surface area contributed by atoms with Crippen LogP contribution < -0.4 is 16.4 Å². The first kappa shape index (κ1) is 19.8. The van der Waals surface area contributed by atoms with E-state index in [0.29, 0.717) is 33.7 Å². The van der Waals surface area contributed by atoms with Crippen LogP contribution in [-0.4, -0.2) is 27.1 Å². The minimum absolute atomic E-state index is 0.0105. The first-order valence-electron chi connectivity index (χ1n) is 9.45. The second-order valence-electron chi connectivity index (χ2n) is 6.65. The Hall–Kier alpha value is -3.52. The van der Waals surface area contributed by atoms with Crippen molar-refractivity contribution in [2.45, 2.75) is 20.4 Å². The Bertz CT molecular complexity index is 1400. The molecular formula is C21H19ClN4O4. The lowest BCUT2D eigenvalue weighted by atomic mass is 10.1. The number of nitrogens with zero attached hydrogens (tertiary/aromatic N) is 1. The lowest BCUT2D eigenvalue weighted by molar-refractivity contribution is 0.0521. The third-order valence-corrected chi connectivity index (χ3v) is 5.04. The minimum Gasteiger partial charge on any atom is -0.461 e. The number of H-pyrrole nitrogens is 2. The number of hydrogen-bond donors (Lipinski definition) is 3. The molecule has 0 amide bonds. The zero-order chi connectivity index (χ0) is 21.4. The molecular weight excluding hydrogens is 408 g/mol. The number of aryl methyl sites for hydroxylation is 1. The van der Waals surface area contributed by atoms with E-state index in [0.717, 1.165) is 5.52 Å². The maximum atomic E-state index is 13.2. The van der Waals surface area contributed by atoms with Gasteiger partial charge < -0.3 is 20.0 Å². The van der Waals surface area contributed by atoms with Crippen molar-refractivity contribution in [2.75, 3.05) is 11.9 Å². The third kappa shape index (κ3) is 3.35. The Morgan fingerprint density at radius 3 is 2.63 bits per heavy atom. The van der Waals surface area contributed by atoms with E-state index in [-0.39, 0.29) is 23.7 Å². The summed E-state index contributed by atoms with van der Waals surface area (Å²) < 4.78 is 6.72. The van der Waals surface area contributed by atoms with Gasteiger partial charge in [0.2, 0.25) is 5.43 Å². The second-order valence-corrected chi connectivity index (χ2v) is 7.08. The predicted molar refractivity (Wildman–Crippen MR) is 117 cm³/mol. The number of carbonyl (C=O) groups excluding carboxylic acids is 1. The van der Waals surface area contributed by atoms with Gasteiger partial charge in [0.15, 0.2) is 5.69 Å². The number of aromatic amines is 2. The fourth-order valence-corrected chi connectivity index (χ4v) is 3.61.